The van der Waals surface area contributed by atoms with Crippen molar-refractivity contribution in [1.29, 1.82) is 0 Å². The minimum Gasteiger partial charge on any atom is -0.444 e. The summed E-state index contributed by atoms with van der Waals surface area (Å²) in [5.41, 5.74) is 1.61. The molecule has 0 saturated carbocycles. The van der Waals surface area contributed by atoms with Crippen molar-refractivity contribution in [3.05, 3.63) is 83.9 Å². The van der Waals surface area contributed by atoms with E-state index in [1.807, 2.05) is 81.5 Å². The second-order valence-corrected chi connectivity index (χ2v) is 8.90. The summed E-state index contributed by atoms with van der Waals surface area (Å²) >= 11 is 0. The lowest BCUT2D eigenvalue weighted by atomic mass is 10.1. The van der Waals surface area contributed by atoms with Crippen molar-refractivity contribution in [1.82, 2.24) is 4.90 Å². The normalized spacial score (nSPS) is 20.2. The van der Waals surface area contributed by atoms with Crippen molar-refractivity contribution < 1.29 is 19.0 Å². The van der Waals surface area contributed by atoms with Crippen LogP contribution in [0.25, 0.3) is 0 Å². The van der Waals surface area contributed by atoms with E-state index in [-0.39, 0.29) is 18.1 Å². The van der Waals surface area contributed by atoms with Gasteiger partial charge in [0.15, 0.2) is 6.23 Å². The molecule has 0 aromatic heterocycles. The zero-order chi connectivity index (χ0) is 22.3. The average Bonchev–Trinajstić information content (AvgIpc) is 3.17. The number of carbonyl (C=O) groups excluding carboxylic acids is 1. The van der Waals surface area contributed by atoms with Gasteiger partial charge in [0, 0.05) is 0 Å². The van der Waals surface area contributed by atoms with Gasteiger partial charge in [0.25, 0.3) is 0 Å². The van der Waals surface area contributed by atoms with Crippen molar-refractivity contribution in [2.75, 3.05) is 13.2 Å². The van der Waals surface area contributed by atoms with Gasteiger partial charge in [-0.05, 0) is 43.9 Å². The maximum Gasteiger partial charge on any atom is 0.413 e. The summed E-state index contributed by atoms with van der Waals surface area (Å²) in [6, 6.07) is 19.9. The Hall–Kier alpha value is -2.63. The second kappa shape index (κ2) is 10.6. The summed E-state index contributed by atoms with van der Waals surface area (Å²) in [4.78, 5) is 14.7. The third-order valence-electron chi connectivity index (χ3n) is 4.92. The SMILES string of the molecule is C[C@@H](/C=C/[C@H]1OC[C@@H](c2ccccc2)N1C(=O)OC(C)(C)C)COCc1ccccc1. The summed E-state index contributed by atoms with van der Waals surface area (Å²) in [5.74, 6) is 0.184. The highest BCUT2D eigenvalue weighted by Gasteiger charge is 2.39. The molecule has 5 nitrogen and oxygen atoms in total. The van der Waals surface area contributed by atoms with Gasteiger partial charge in [0.05, 0.1) is 25.9 Å². The van der Waals surface area contributed by atoms with Gasteiger partial charge >= 0.3 is 6.09 Å². The quantitative estimate of drug-likeness (QED) is 0.534. The van der Waals surface area contributed by atoms with E-state index in [1.165, 1.54) is 0 Å². The zero-order valence-electron chi connectivity index (χ0n) is 18.9. The van der Waals surface area contributed by atoms with Crippen molar-refractivity contribution in [3.8, 4) is 0 Å². The smallest absolute Gasteiger partial charge is 0.413 e. The number of hydrogen-bond donors (Lipinski definition) is 0. The van der Waals surface area contributed by atoms with Crippen molar-refractivity contribution in [2.45, 2.75) is 52.2 Å². The van der Waals surface area contributed by atoms with E-state index < -0.39 is 11.8 Å². The topological polar surface area (TPSA) is 48.0 Å². The minimum absolute atomic E-state index is 0.184. The Bertz CT molecular complexity index is 845. The fraction of sp³-hybridized carbons (Fsp3) is 0.423. The molecule has 0 unspecified atom stereocenters. The zero-order valence-corrected chi connectivity index (χ0v) is 18.9. The standard InChI is InChI=1S/C26H33NO4/c1-20(17-29-18-21-11-7-5-8-12-21)15-16-24-27(25(28)31-26(2,3)4)23(19-30-24)22-13-9-6-10-14-22/h5-16,20,23-24H,17-19H2,1-4H3/b16-15+/t20-,23-,24+/m0/s1. The summed E-state index contributed by atoms with van der Waals surface area (Å²) < 4.78 is 17.5. The lowest BCUT2D eigenvalue weighted by Crippen LogP contribution is -2.41. The third-order valence-corrected chi connectivity index (χ3v) is 4.92. The van der Waals surface area contributed by atoms with Crippen LogP contribution in [0.4, 0.5) is 4.79 Å². The Kier molecular flexibility index (Phi) is 7.88. The first-order chi connectivity index (χ1) is 14.8. The second-order valence-electron chi connectivity index (χ2n) is 8.90. The van der Waals surface area contributed by atoms with Crippen LogP contribution in [0.15, 0.2) is 72.8 Å². The molecular weight excluding hydrogens is 390 g/mol. The van der Waals surface area contributed by atoms with Gasteiger partial charge in [0.1, 0.15) is 5.60 Å². The molecule has 0 N–H and O–H groups in total. The number of ether oxygens (including phenoxy) is 3. The number of amides is 1. The highest BCUT2D eigenvalue weighted by atomic mass is 16.6. The molecule has 5 heteroatoms. The van der Waals surface area contributed by atoms with E-state index in [2.05, 4.69) is 19.1 Å². The van der Waals surface area contributed by atoms with Crippen LogP contribution in [0.3, 0.4) is 0 Å². The van der Waals surface area contributed by atoms with E-state index in [0.717, 1.165) is 11.1 Å². The number of benzene rings is 2. The largest absolute Gasteiger partial charge is 0.444 e. The summed E-state index contributed by atoms with van der Waals surface area (Å²) in [5, 5.41) is 0. The van der Waals surface area contributed by atoms with Crippen LogP contribution in [0.2, 0.25) is 0 Å². The van der Waals surface area contributed by atoms with Crippen molar-refractivity contribution >= 4 is 6.09 Å². The maximum atomic E-state index is 13.0. The van der Waals surface area contributed by atoms with Crippen LogP contribution in [-0.4, -0.2) is 36.0 Å². The molecule has 3 atom stereocenters. The molecule has 0 bridgehead atoms. The van der Waals surface area contributed by atoms with Gasteiger partial charge in [-0.2, -0.15) is 0 Å². The Morgan fingerprint density at radius 2 is 1.77 bits per heavy atom. The van der Waals surface area contributed by atoms with Crippen molar-refractivity contribution in [2.24, 2.45) is 5.92 Å². The first-order valence-corrected chi connectivity index (χ1v) is 10.8. The molecule has 0 aliphatic carbocycles. The molecule has 0 spiro atoms. The molecule has 1 saturated heterocycles. The maximum absolute atomic E-state index is 13.0. The molecule has 1 fully saturated rings. The van der Waals surface area contributed by atoms with Gasteiger partial charge in [-0.1, -0.05) is 73.7 Å². The van der Waals surface area contributed by atoms with Crippen molar-refractivity contribution in [3.63, 3.8) is 0 Å². The highest BCUT2D eigenvalue weighted by molar-refractivity contribution is 5.70. The third kappa shape index (κ3) is 6.94. The number of rotatable bonds is 7. The Morgan fingerprint density at radius 1 is 1.13 bits per heavy atom. The molecule has 1 heterocycles. The van der Waals surface area contributed by atoms with Crippen LogP contribution in [0.1, 0.15) is 44.9 Å². The lowest BCUT2D eigenvalue weighted by Gasteiger charge is -2.30. The van der Waals surface area contributed by atoms with Crippen LogP contribution in [-0.2, 0) is 20.8 Å². The average molecular weight is 424 g/mol. The molecule has 1 aliphatic rings. The Balaban J connectivity index is 1.64. The monoisotopic (exact) mass is 423 g/mol. The highest BCUT2D eigenvalue weighted by Crippen LogP contribution is 2.32. The van der Waals surface area contributed by atoms with E-state index in [9.17, 15) is 4.79 Å². The predicted molar refractivity (Wildman–Crippen MR) is 121 cm³/mol. The molecule has 1 aliphatic heterocycles. The Morgan fingerprint density at radius 3 is 2.42 bits per heavy atom. The van der Waals surface area contributed by atoms with Gasteiger partial charge in [0.2, 0.25) is 0 Å². The van der Waals surface area contributed by atoms with E-state index >= 15 is 0 Å². The first-order valence-electron chi connectivity index (χ1n) is 10.8. The first kappa shape index (κ1) is 23.0. The molecular formula is C26H33NO4. The summed E-state index contributed by atoms with van der Waals surface area (Å²) in [6.45, 7) is 9.30. The predicted octanol–water partition coefficient (Wildman–Crippen LogP) is 5.73. The molecule has 31 heavy (non-hydrogen) atoms. The number of nitrogens with zero attached hydrogens (tertiary/aromatic N) is 1. The minimum atomic E-state index is -0.576. The van der Waals surface area contributed by atoms with Gasteiger partial charge < -0.3 is 14.2 Å². The van der Waals surface area contributed by atoms with E-state index in [4.69, 9.17) is 14.2 Å². The molecule has 1 amide bonds. The van der Waals surface area contributed by atoms with E-state index in [1.54, 1.807) is 4.90 Å². The van der Waals surface area contributed by atoms with Crippen LogP contribution in [0, 0.1) is 5.92 Å². The van der Waals surface area contributed by atoms with Crippen LogP contribution < -0.4 is 0 Å². The molecule has 2 aromatic carbocycles. The van der Waals surface area contributed by atoms with Gasteiger partial charge in [-0.3, -0.25) is 4.90 Å². The van der Waals surface area contributed by atoms with Crippen LogP contribution >= 0.6 is 0 Å². The molecule has 0 radical (unpaired) electrons. The van der Waals surface area contributed by atoms with Gasteiger partial charge in [-0.25, -0.2) is 4.79 Å². The number of hydrogen-bond acceptors (Lipinski definition) is 4. The summed E-state index contributed by atoms with van der Waals surface area (Å²) in [6.07, 6.45) is 3.13. The molecule has 166 valence electrons. The van der Waals surface area contributed by atoms with Gasteiger partial charge in [-0.15, -0.1) is 0 Å². The lowest BCUT2D eigenvalue weighted by molar-refractivity contribution is 0.000749. The molecule has 2 aromatic rings. The molecule has 3 rings (SSSR count). The van der Waals surface area contributed by atoms with E-state index in [0.29, 0.717) is 19.8 Å². The fourth-order valence-electron chi connectivity index (χ4n) is 3.43. The summed E-state index contributed by atoms with van der Waals surface area (Å²) in [7, 11) is 0. The Labute approximate surface area is 185 Å². The van der Waals surface area contributed by atoms with Crippen LogP contribution in [0.5, 0.6) is 0 Å². The fourth-order valence-corrected chi connectivity index (χ4v) is 3.43. The number of carbonyl (C=O) groups is 1.